The maximum absolute atomic E-state index is 12.1. The summed E-state index contributed by atoms with van der Waals surface area (Å²) in [5, 5.41) is 6.54. The molecule has 8 heteroatoms. The van der Waals surface area contributed by atoms with Crippen molar-refractivity contribution < 1.29 is 4.79 Å². The maximum Gasteiger partial charge on any atom is 0.293 e. The first kappa shape index (κ1) is 13.5. The molecule has 100 valence electrons. The van der Waals surface area contributed by atoms with Gasteiger partial charge in [0.15, 0.2) is 5.82 Å². The van der Waals surface area contributed by atoms with Gasteiger partial charge in [-0.2, -0.15) is 5.10 Å². The van der Waals surface area contributed by atoms with E-state index in [-0.39, 0.29) is 11.4 Å². The van der Waals surface area contributed by atoms with Crippen LogP contribution in [0.25, 0.3) is 0 Å². The largest absolute Gasteiger partial charge is 0.314 e. The number of rotatable bonds is 3. The fourth-order valence-electron chi connectivity index (χ4n) is 1.58. The van der Waals surface area contributed by atoms with Crippen LogP contribution in [0.3, 0.4) is 0 Å². The lowest BCUT2D eigenvalue weighted by Gasteiger charge is -2.07. The molecule has 0 aromatic carbocycles. The quantitative estimate of drug-likeness (QED) is 0.913. The number of aromatic nitrogens is 4. The van der Waals surface area contributed by atoms with Gasteiger partial charge < -0.3 is 9.88 Å². The summed E-state index contributed by atoms with van der Waals surface area (Å²) in [5.74, 6) is -0.437. The number of hydrogen-bond donors (Lipinski definition) is 1. The predicted molar refractivity (Wildman–Crippen MR) is 73.0 cm³/mol. The van der Waals surface area contributed by atoms with Gasteiger partial charge in [-0.05, 0) is 22.9 Å². The minimum Gasteiger partial charge on any atom is -0.314 e. The Bertz CT molecular complexity index is 676. The lowest BCUT2D eigenvalue weighted by molar-refractivity contribution is 0.101. The van der Waals surface area contributed by atoms with E-state index >= 15 is 0 Å². The summed E-state index contributed by atoms with van der Waals surface area (Å²) in [6, 6.07) is 0. The van der Waals surface area contributed by atoms with Crippen LogP contribution >= 0.6 is 15.9 Å². The smallest absolute Gasteiger partial charge is 0.293 e. The minimum atomic E-state index is -0.429. The van der Waals surface area contributed by atoms with Gasteiger partial charge in [-0.1, -0.05) is 0 Å². The van der Waals surface area contributed by atoms with Crippen LogP contribution in [0.4, 0.5) is 5.82 Å². The second-order valence-corrected chi connectivity index (χ2v) is 4.66. The van der Waals surface area contributed by atoms with Crippen molar-refractivity contribution in [3.05, 3.63) is 39.1 Å². The van der Waals surface area contributed by atoms with Crippen LogP contribution in [-0.4, -0.2) is 25.2 Å². The number of carbonyl (C=O) groups is 1. The molecule has 0 aliphatic carbocycles. The molecule has 1 N–H and O–H groups in total. The molecule has 0 radical (unpaired) electrons. The second kappa shape index (κ2) is 5.35. The molecule has 0 aliphatic rings. The van der Waals surface area contributed by atoms with E-state index in [2.05, 4.69) is 31.3 Å². The first-order valence-electron chi connectivity index (χ1n) is 5.59. The Hall–Kier alpha value is -1.96. The zero-order valence-electron chi connectivity index (χ0n) is 10.4. The number of nitrogens with one attached hydrogen (secondary N) is 1. The van der Waals surface area contributed by atoms with Crippen molar-refractivity contribution in [3.8, 4) is 0 Å². The lowest BCUT2D eigenvalue weighted by Crippen LogP contribution is -2.26. The molecule has 0 saturated heterocycles. The van der Waals surface area contributed by atoms with Gasteiger partial charge in [0, 0.05) is 26.0 Å². The molecule has 2 aromatic rings. The van der Waals surface area contributed by atoms with Crippen molar-refractivity contribution in [1.29, 1.82) is 0 Å². The summed E-state index contributed by atoms with van der Waals surface area (Å²) in [7, 11) is 1.59. The molecule has 0 aliphatic heterocycles. The molecule has 0 bridgehead atoms. The highest BCUT2D eigenvalue weighted by Crippen LogP contribution is 2.16. The van der Waals surface area contributed by atoms with Crippen molar-refractivity contribution in [2.75, 3.05) is 5.32 Å². The predicted octanol–water partition coefficient (Wildman–Crippen LogP) is 1.01. The number of hydrogen-bond acceptors (Lipinski definition) is 4. The lowest BCUT2D eigenvalue weighted by atomic mass is 10.4. The Balaban J connectivity index is 2.34. The summed E-state index contributed by atoms with van der Waals surface area (Å²) >= 11 is 3.26. The van der Waals surface area contributed by atoms with E-state index in [9.17, 15) is 9.59 Å². The average molecular weight is 326 g/mol. The van der Waals surface area contributed by atoms with Crippen LogP contribution in [0.2, 0.25) is 0 Å². The van der Waals surface area contributed by atoms with Crippen molar-refractivity contribution in [3.63, 3.8) is 0 Å². The van der Waals surface area contributed by atoms with Gasteiger partial charge in [-0.3, -0.25) is 14.3 Å². The maximum atomic E-state index is 12.1. The number of nitrogens with zero attached hydrogens (tertiary/aromatic N) is 4. The Morgan fingerprint density at radius 1 is 1.53 bits per heavy atom. The first-order valence-corrected chi connectivity index (χ1v) is 6.38. The Labute approximate surface area is 117 Å². The van der Waals surface area contributed by atoms with E-state index in [4.69, 9.17) is 0 Å². The van der Waals surface area contributed by atoms with E-state index in [0.29, 0.717) is 16.7 Å². The van der Waals surface area contributed by atoms with Gasteiger partial charge in [0.25, 0.3) is 11.5 Å². The molecule has 0 unspecified atom stereocenters. The molecular weight excluding hydrogens is 314 g/mol. The third-order valence-corrected chi connectivity index (χ3v) is 3.14. The van der Waals surface area contributed by atoms with E-state index in [1.165, 1.54) is 27.8 Å². The monoisotopic (exact) mass is 325 g/mol. The second-order valence-electron chi connectivity index (χ2n) is 3.80. The average Bonchev–Trinajstić information content (AvgIpc) is 2.76. The molecule has 19 heavy (non-hydrogen) atoms. The van der Waals surface area contributed by atoms with Crippen molar-refractivity contribution >= 4 is 27.7 Å². The third kappa shape index (κ3) is 2.58. The molecule has 7 nitrogen and oxygen atoms in total. The van der Waals surface area contributed by atoms with Gasteiger partial charge in [0.2, 0.25) is 0 Å². The summed E-state index contributed by atoms with van der Waals surface area (Å²) < 4.78 is 3.45. The summed E-state index contributed by atoms with van der Waals surface area (Å²) in [4.78, 5) is 27.8. The molecule has 0 spiro atoms. The zero-order chi connectivity index (χ0) is 14.0. The van der Waals surface area contributed by atoms with Crippen molar-refractivity contribution in [1.82, 2.24) is 19.3 Å². The summed E-state index contributed by atoms with van der Waals surface area (Å²) in [5.41, 5.74) is -0.00950. The normalized spacial score (nSPS) is 10.5. The number of amides is 1. The molecule has 2 aromatic heterocycles. The molecular formula is C11H12BrN5O2. The fourth-order valence-corrected chi connectivity index (χ4v) is 2.05. The van der Waals surface area contributed by atoms with Crippen LogP contribution in [0, 0.1) is 0 Å². The van der Waals surface area contributed by atoms with E-state index < -0.39 is 5.91 Å². The first-order chi connectivity index (χ1) is 9.04. The minimum absolute atomic E-state index is 0.00856. The van der Waals surface area contributed by atoms with Crippen LogP contribution in [0.1, 0.15) is 17.4 Å². The van der Waals surface area contributed by atoms with E-state index in [1.54, 1.807) is 7.05 Å². The molecule has 0 saturated carbocycles. The molecule has 1 amide bonds. The Kier molecular flexibility index (Phi) is 3.79. The standard InChI is InChI=1S/C11H12BrN5O2/c1-3-17-8(7(12)6-14-17)10(18)15-9-11(19)16(2)5-4-13-9/h4-6H,3H2,1-2H3,(H,13,15,18). The van der Waals surface area contributed by atoms with E-state index in [1.807, 2.05) is 6.92 Å². The zero-order valence-corrected chi connectivity index (χ0v) is 12.0. The van der Waals surface area contributed by atoms with Crippen LogP contribution in [-0.2, 0) is 13.6 Å². The van der Waals surface area contributed by atoms with Gasteiger partial charge >= 0.3 is 0 Å². The van der Waals surface area contributed by atoms with Gasteiger partial charge in [-0.25, -0.2) is 4.98 Å². The highest BCUT2D eigenvalue weighted by atomic mass is 79.9. The summed E-state index contributed by atoms with van der Waals surface area (Å²) in [6.45, 7) is 2.42. The SMILES string of the molecule is CCn1ncc(Br)c1C(=O)Nc1nccn(C)c1=O. The fraction of sp³-hybridized carbons (Fsp3) is 0.273. The molecule has 0 atom stereocenters. The number of aryl methyl sites for hydroxylation is 2. The molecule has 2 rings (SSSR count). The van der Waals surface area contributed by atoms with Crippen LogP contribution < -0.4 is 10.9 Å². The molecule has 0 fully saturated rings. The van der Waals surface area contributed by atoms with Crippen LogP contribution in [0.5, 0.6) is 0 Å². The summed E-state index contributed by atoms with van der Waals surface area (Å²) in [6.07, 6.45) is 4.50. The number of carbonyl (C=O) groups excluding carboxylic acids is 1. The van der Waals surface area contributed by atoms with E-state index in [0.717, 1.165) is 0 Å². The highest BCUT2D eigenvalue weighted by Gasteiger charge is 2.18. The van der Waals surface area contributed by atoms with Gasteiger partial charge in [0.1, 0.15) is 5.69 Å². The Morgan fingerprint density at radius 3 is 2.95 bits per heavy atom. The topological polar surface area (TPSA) is 81.8 Å². The van der Waals surface area contributed by atoms with Crippen LogP contribution in [0.15, 0.2) is 27.9 Å². The van der Waals surface area contributed by atoms with Gasteiger partial charge in [0.05, 0.1) is 10.7 Å². The third-order valence-electron chi connectivity index (χ3n) is 2.56. The number of anilines is 1. The number of halogens is 1. The van der Waals surface area contributed by atoms with Crippen molar-refractivity contribution in [2.24, 2.45) is 7.05 Å². The Morgan fingerprint density at radius 2 is 2.26 bits per heavy atom. The highest BCUT2D eigenvalue weighted by molar-refractivity contribution is 9.10. The van der Waals surface area contributed by atoms with Gasteiger partial charge in [-0.15, -0.1) is 0 Å². The molecule has 2 heterocycles. The van der Waals surface area contributed by atoms with Crippen molar-refractivity contribution in [2.45, 2.75) is 13.5 Å².